The Kier molecular flexibility index (Phi) is 7.81. The summed E-state index contributed by atoms with van der Waals surface area (Å²) in [5.74, 6) is -0.903. The first kappa shape index (κ1) is 24.1. The van der Waals surface area contributed by atoms with Gasteiger partial charge in [-0.3, -0.25) is 10.1 Å². The van der Waals surface area contributed by atoms with Crippen molar-refractivity contribution >= 4 is 43.8 Å². The summed E-state index contributed by atoms with van der Waals surface area (Å²) in [5.41, 5.74) is 1.03. The number of amides is 1. The third-order valence-corrected chi connectivity index (χ3v) is 7.26. The smallest absolute Gasteiger partial charge is 0.340 e. The maximum absolute atomic E-state index is 13.1. The number of anilines is 1. The van der Waals surface area contributed by atoms with E-state index in [0.29, 0.717) is 11.1 Å². The molecule has 2 aromatic rings. The summed E-state index contributed by atoms with van der Waals surface area (Å²) in [6, 6.07) is 6.21. The predicted molar refractivity (Wildman–Crippen MR) is 122 cm³/mol. The number of rotatable bonds is 8. The number of carbonyl (C=O) groups is 2. The van der Waals surface area contributed by atoms with E-state index in [9.17, 15) is 23.1 Å². The van der Waals surface area contributed by atoms with Crippen molar-refractivity contribution in [3.05, 3.63) is 47.0 Å². The number of benzene rings is 1. The van der Waals surface area contributed by atoms with Crippen LogP contribution in [0.2, 0.25) is 0 Å². The number of aliphatic hydroxyl groups excluding tert-OH is 1. The van der Waals surface area contributed by atoms with E-state index in [1.54, 1.807) is 19.1 Å². The third-order valence-electron chi connectivity index (χ3n) is 5.16. The van der Waals surface area contributed by atoms with Gasteiger partial charge in [0.05, 0.1) is 16.4 Å². The van der Waals surface area contributed by atoms with Gasteiger partial charge >= 0.3 is 5.97 Å². The van der Waals surface area contributed by atoms with E-state index in [4.69, 9.17) is 4.74 Å². The van der Waals surface area contributed by atoms with Crippen molar-refractivity contribution in [1.29, 1.82) is 0 Å². The monoisotopic (exact) mass is 478 g/mol. The van der Waals surface area contributed by atoms with Crippen molar-refractivity contribution in [2.45, 2.75) is 43.6 Å². The molecule has 0 spiro atoms. The fourth-order valence-corrected chi connectivity index (χ4v) is 4.93. The Bertz CT molecular complexity index is 1100. The molecule has 1 aromatic heterocycles. The van der Waals surface area contributed by atoms with Crippen molar-refractivity contribution in [2.75, 3.05) is 18.2 Å². The number of thiazole rings is 1. The van der Waals surface area contributed by atoms with Crippen LogP contribution in [0.1, 0.15) is 49.2 Å². The molecule has 0 bridgehead atoms. The Hall–Kier alpha value is -2.56. The molecule has 10 heteroatoms. The van der Waals surface area contributed by atoms with Crippen LogP contribution in [-0.2, 0) is 24.2 Å². The lowest BCUT2D eigenvalue weighted by Crippen LogP contribution is -2.15. The van der Waals surface area contributed by atoms with Crippen LogP contribution in [0.5, 0.6) is 0 Å². The van der Waals surface area contributed by atoms with E-state index in [-0.39, 0.29) is 27.4 Å². The van der Waals surface area contributed by atoms with E-state index in [0.717, 1.165) is 43.3 Å². The molecule has 1 aromatic carbocycles. The van der Waals surface area contributed by atoms with Gasteiger partial charge < -0.3 is 9.84 Å². The first-order valence-electron chi connectivity index (χ1n) is 10.3. The molecule has 8 nitrogen and oxygen atoms in total. The lowest BCUT2D eigenvalue weighted by molar-refractivity contribution is -0.153. The maximum Gasteiger partial charge on any atom is 0.340 e. The Morgan fingerprint density at radius 1 is 1.28 bits per heavy atom. The average molecular weight is 479 g/mol. The zero-order valence-electron chi connectivity index (χ0n) is 17.9. The lowest BCUT2D eigenvalue weighted by atomic mass is 9.98. The number of nitrogens with one attached hydrogen (secondary N) is 1. The highest BCUT2D eigenvalue weighted by atomic mass is 32.2. The molecular weight excluding hydrogens is 452 g/mol. The summed E-state index contributed by atoms with van der Waals surface area (Å²) < 4.78 is 28.3. The summed E-state index contributed by atoms with van der Waals surface area (Å²) in [6.07, 6.45) is 7.11. The molecule has 1 amide bonds. The molecule has 2 N–H and O–H groups in total. The molecule has 1 aliphatic carbocycles. The Morgan fingerprint density at radius 2 is 1.94 bits per heavy atom. The van der Waals surface area contributed by atoms with Gasteiger partial charge in [0.2, 0.25) is 0 Å². The van der Waals surface area contributed by atoms with Gasteiger partial charge in [-0.05, 0) is 43.4 Å². The first-order valence-corrected chi connectivity index (χ1v) is 13.0. The number of aliphatic hydroxyl groups is 1. The number of carbonyl (C=O) groups excluding carboxylic acids is 2. The van der Waals surface area contributed by atoms with E-state index in [1.165, 1.54) is 18.3 Å². The van der Waals surface area contributed by atoms with E-state index in [2.05, 4.69) is 10.3 Å². The summed E-state index contributed by atoms with van der Waals surface area (Å²) in [5, 5.41) is 13.0. The molecule has 1 atom stereocenters. The SMILES string of the molecule is CCOC(=O)C(O)c1cnc(NC(=O)/C(=C/C2CCCC2)c2ccc(S(C)(=O)=O)cc2)s1. The van der Waals surface area contributed by atoms with Crippen molar-refractivity contribution in [2.24, 2.45) is 5.92 Å². The number of sulfone groups is 1. The normalized spacial score (nSPS) is 16.0. The standard InChI is InChI=1S/C22H26N2O6S2/c1-3-30-21(27)19(25)18-13-23-22(31-18)24-20(26)17(12-14-6-4-5-7-14)15-8-10-16(11-9-15)32(2,28)29/h8-14,19,25H,3-7H2,1-2H3,(H,23,24,26)/b17-12+. The topological polar surface area (TPSA) is 123 Å². The van der Waals surface area contributed by atoms with Crippen LogP contribution in [0, 0.1) is 5.92 Å². The number of nitrogens with zero attached hydrogens (tertiary/aromatic N) is 1. The number of aromatic nitrogens is 1. The van der Waals surface area contributed by atoms with Crippen LogP contribution in [0.3, 0.4) is 0 Å². The fourth-order valence-electron chi connectivity index (χ4n) is 3.52. The summed E-state index contributed by atoms with van der Waals surface area (Å²) >= 11 is 0.984. The molecule has 3 rings (SSSR count). The highest BCUT2D eigenvalue weighted by Gasteiger charge is 2.23. The Labute approximate surface area is 191 Å². The highest BCUT2D eigenvalue weighted by Crippen LogP contribution is 2.31. The quantitative estimate of drug-likeness (QED) is 0.440. The van der Waals surface area contributed by atoms with Crippen molar-refractivity contribution in [3.63, 3.8) is 0 Å². The summed E-state index contributed by atoms with van der Waals surface area (Å²) in [4.78, 5) is 29.4. The second-order valence-electron chi connectivity index (χ2n) is 7.60. The average Bonchev–Trinajstić information content (AvgIpc) is 3.43. The van der Waals surface area contributed by atoms with Crippen LogP contribution >= 0.6 is 11.3 Å². The summed E-state index contributed by atoms with van der Waals surface area (Å²) in [6.45, 7) is 1.79. The summed E-state index contributed by atoms with van der Waals surface area (Å²) in [7, 11) is -3.34. The molecule has 172 valence electrons. The van der Waals surface area contributed by atoms with E-state index >= 15 is 0 Å². The van der Waals surface area contributed by atoms with Gasteiger partial charge in [-0.25, -0.2) is 18.2 Å². The molecule has 1 fully saturated rings. The highest BCUT2D eigenvalue weighted by molar-refractivity contribution is 7.90. The zero-order valence-corrected chi connectivity index (χ0v) is 19.5. The zero-order chi connectivity index (χ0) is 23.3. The predicted octanol–water partition coefficient (Wildman–Crippen LogP) is 3.36. The van der Waals surface area contributed by atoms with E-state index < -0.39 is 27.8 Å². The lowest BCUT2D eigenvalue weighted by Gasteiger charge is -2.11. The fraction of sp³-hybridized carbons (Fsp3) is 0.409. The molecule has 0 aliphatic heterocycles. The minimum Gasteiger partial charge on any atom is -0.464 e. The van der Waals surface area contributed by atoms with Gasteiger partial charge in [0.25, 0.3) is 5.91 Å². The van der Waals surface area contributed by atoms with Crippen molar-refractivity contribution < 1.29 is 27.9 Å². The number of esters is 1. The second-order valence-corrected chi connectivity index (χ2v) is 10.7. The van der Waals surface area contributed by atoms with Gasteiger partial charge in [-0.1, -0.05) is 42.4 Å². The molecule has 1 heterocycles. The van der Waals surface area contributed by atoms with Gasteiger partial charge in [-0.2, -0.15) is 0 Å². The van der Waals surface area contributed by atoms with Crippen molar-refractivity contribution in [1.82, 2.24) is 4.98 Å². The minimum atomic E-state index is -3.34. The van der Waals surface area contributed by atoms with Crippen molar-refractivity contribution in [3.8, 4) is 0 Å². The largest absolute Gasteiger partial charge is 0.464 e. The second kappa shape index (κ2) is 10.4. The number of hydrogen-bond donors (Lipinski definition) is 2. The van der Waals surface area contributed by atoms with Crippen LogP contribution in [0.15, 0.2) is 41.4 Å². The van der Waals surface area contributed by atoms with Crippen LogP contribution < -0.4 is 5.32 Å². The number of hydrogen-bond acceptors (Lipinski definition) is 8. The number of ether oxygens (including phenoxy) is 1. The van der Waals surface area contributed by atoms with Crippen LogP contribution in [0.4, 0.5) is 5.13 Å². The molecule has 0 saturated heterocycles. The Morgan fingerprint density at radius 3 is 2.53 bits per heavy atom. The maximum atomic E-state index is 13.1. The molecule has 1 saturated carbocycles. The third kappa shape index (κ3) is 6.02. The molecular formula is C22H26N2O6S2. The van der Waals surface area contributed by atoms with Gasteiger partial charge in [0.1, 0.15) is 0 Å². The molecule has 32 heavy (non-hydrogen) atoms. The van der Waals surface area contributed by atoms with E-state index in [1.807, 2.05) is 6.08 Å². The number of allylic oxidation sites excluding steroid dienone is 1. The minimum absolute atomic E-state index is 0.145. The van der Waals surface area contributed by atoms with Gasteiger partial charge in [-0.15, -0.1) is 0 Å². The van der Waals surface area contributed by atoms with Crippen LogP contribution in [-0.4, -0.2) is 43.2 Å². The molecule has 1 unspecified atom stereocenters. The van der Waals surface area contributed by atoms with Crippen LogP contribution in [0.25, 0.3) is 5.57 Å². The first-order chi connectivity index (χ1) is 15.2. The molecule has 0 radical (unpaired) electrons. The molecule has 1 aliphatic rings. The Balaban J connectivity index is 1.83. The van der Waals surface area contributed by atoms with Gasteiger partial charge in [0.15, 0.2) is 21.1 Å². The van der Waals surface area contributed by atoms with Gasteiger partial charge in [0, 0.05) is 18.0 Å².